The fraction of sp³-hybridized carbons (Fsp3) is 0.857. The van der Waals surface area contributed by atoms with Crippen molar-refractivity contribution in [1.29, 1.82) is 0 Å². The summed E-state index contributed by atoms with van der Waals surface area (Å²) in [5.74, 6) is 0.952. The van der Waals surface area contributed by atoms with E-state index in [2.05, 4.69) is 5.32 Å². The third-order valence-electron chi connectivity index (χ3n) is 4.07. The van der Waals surface area contributed by atoms with Crippen LogP contribution in [0.15, 0.2) is 0 Å². The molecule has 102 valence electrons. The molecule has 0 spiro atoms. The van der Waals surface area contributed by atoms with Gasteiger partial charge in [-0.2, -0.15) is 0 Å². The molecule has 1 amide bonds. The summed E-state index contributed by atoms with van der Waals surface area (Å²) in [6.07, 6.45) is 9.79. The van der Waals surface area contributed by atoms with Crippen LogP contribution in [0.5, 0.6) is 0 Å². The first-order valence-corrected chi connectivity index (χ1v) is 7.21. The zero-order valence-corrected chi connectivity index (χ0v) is 11.0. The predicted octanol–water partition coefficient (Wildman–Crippen LogP) is 2.80. The number of Topliss-reactive ketones (excluding diaryl/α,β-unsaturated/α-hetero) is 1. The highest BCUT2D eigenvalue weighted by atomic mass is 16.5. The third-order valence-corrected chi connectivity index (χ3v) is 4.07. The Morgan fingerprint density at radius 3 is 2.61 bits per heavy atom. The maximum absolute atomic E-state index is 11.4. The predicted molar refractivity (Wildman–Crippen MR) is 68.3 cm³/mol. The average Bonchev–Trinajstić information content (AvgIpc) is 2.40. The van der Waals surface area contributed by atoms with Crippen LogP contribution in [-0.4, -0.2) is 24.5 Å². The second-order valence-electron chi connectivity index (χ2n) is 5.48. The molecule has 2 fully saturated rings. The van der Waals surface area contributed by atoms with Gasteiger partial charge in [0, 0.05) is 6.42 Å². The molecule has 4 heteroatoms. The van der Waals surface area contributed by atoms with Crippen LogP contribution in [0, 0.1) is 5.92 Å². The zero-order valence-electron chi connectivity index (χ0n) is 11.0. The SMILES string of the molecule is O=C(N[C@H]1CCC1=O)OCCCC1CCCCC1. The minimum Gasteiger partial charge on any atom is -0.450 e. The molecule has 4 nitrogen and oxygen atoms in total. The number of rotatable bonds is 5. The van der Waals surface area contributed by atoms with Crippen molar-refractivity contribution in [2.24, 2.45) is 5.92 Å². The maximum Gasteiger partial charge on any atom is 0.407 e. The lowest BCUT2D eigenvalue weighted by atomic mass is 9.86. The standard InChI is InChI=1S/C14H23NO3/c16-13-9-8-12(13)15-14(17)18-10-4-7-11-5-2-1-3-6-11/h11-12H,1-10H2,(H,15,17)/t12-/m0/s1. The van der Waals surface area contributed by atoms with Crippen LogP contribution in [0.4, 0.5) is 4.79 Å². The monoisotopic (exact) mass is 253 g/mol. The van der Waals surface area contributed by atoms with E-state index in [9.17, 15) is 9.59 Å². The van der Waals surface area contributed by atoms with E-state index >= 15 is 0 Å². The summed E-state index contributed by atoms with van der Waals surface area (Å²) in [4.78, 5) is 22.4. The van der Waals surface area contributed by atoms with Gasteiger partial charge in [-0.25, -0.2) is 4.79 Å². The zero-order chi connectivity index (χ0) is 12.8. The highest BCUT2D eigenvalue weighted by Gasteiger charge is 2.29. The number of alkyl carbamates (subject to hydrolysis) is 1. The first-order valence-electron chi connectivity index (χ1n) is 7.21. The maximum atomic E-state index is 11.4. The largest absolute Gasteiger partial charge is 0.450 e. The Morgan fingerprint density at radius 1 is 1.22 bits per heavy atom. The summed E-state index contributed by atoms with van der Waals surface area (Å²) in [5.41, 5.74) is 0. The smallest absolute Gasteiger partial charge is 0.407 e. The molecule has 0 aromatic heterocycles. The Labute approximate surface area is 108 Å². The Morgan fingerprint density at radius 2 is 2.00 bits per heavy atom. The molecule has 2 saturated carbocycles. The molecule has 0 bridgehead atoms. The minimum atomic E-state index is -0.434. The first kappa shape index (κ1) is 13.4. The molecular weight excluding hydrogens is 230 g/mol. The number of hydrogen-bond donors (Lipinski definition) is 1. The van der Waals surface area contributed by atoms with E-state index < -0.39 is 6.09 Å². The molecule has 2 rings (SSSR count). The van der Waals surface area contributed by atoms with Gasteiger partial charge in [-0.15, -0.1) is 0 Å². The Bertz CT molecular complexity index is 297. The summed E-state index contributed by atoms with van der Waals surface area (Å²) in [7, 11) is 0. The van der Waals surface area contributed by atoms with Crippen molar-refractivity contribution in [1.82, 2.24) is 5.32 Å². The molecule has 0 heterocycles. The van der Waals surface area contributed by atoms with Gasteiger partial charge in [-0.1, -0.05) is 32.1 Å². The van der Waals surface area contributed by atoms with E-state index in [1.165, 1.54) is 32.1 Å². The number of amides is 1. The average molecular weight is 253 g/mol. The molecule has 1 N–H and O–H groups in total. The van der Waals surface area contributed by atoms with Crippen molar-refractivity contribution in [3.05, 3.63) is 0 Å². The van der Waals surface area contributed by atoms with Gasteiger partial charge in [-0.05, 0) is 25.2 Å². The number of carbonyl (C=O) groups is 2. The second-order valence-corrected chi connectivity index (χ2v) is 5.48. The van der Waals surface area contributed by atoms with Gasteiger partial charge in [0.25, 0.3) is 0 Å². The summed E-state index contributed by atoms with van der Waals surface area (Å²) < 4.78 is 5.09. The van der Waals surface area contributed by atoms with Gasteiger partial charge in [0.05, 0.1) is 12.6 Å². The summed E-state index contributed by atoms with van der Waals surface area (Å²) in [6, 6.07) is -0.282. The summed E-state index contributed by atoms with van der Waals surface area (Å²) in [6.45, 7) is 0.475. The number of nitrogens with one attached hydrogen (secondary N) is 1. The highest BCUT2D eigenvalue weighted by molar-refractivity contribution is 5.92. The van der Waals surface area contributed by atoms with Crippen LogP contribution in [0.2, 0.25) is 0 Å². The highest BCUT2D eigenvalue weighted by Crippen LogP contribution is 2.27. The second kappa shape index (κ2) is 6.76. The Kier molecular flexibility index (Phi) is 5.02. The lowest BCUT2D eigenvalue weighted by Crippen LogP contribution is -2.47. The van der Waals surface area contributed by atoms with Gasteiger partial charge in [0.1, 0.15) is 0 Å². The van der Waals surface area contributed by atoms with E-state index in [1.54, 1.807) is 0 Å². The van der Waals surface area contributed by atoms with E-state index in [0.29, 0.717) is 13.0 Å². The third kappa shape index (κ3) is 4.00. The molecule has 0 radical (unpaired) electrons. The van der Waals surface area contributed by atoms with Gasteiger partial charge in [0.15, 0.2) is 5.78 Å². The number of carbonyl (C=O) groups excluding carboxylic acids is 2. The van der Waals surface area contributed by atoms with E-state index in [4.69, 9.17) is 4.74 Å². The molecule has 2 aliphatic carbocycles. The van der Waals surface area contributed by atoms with Crippen molar-refractivity contribution in [3.63, 3.8) is 0 Å². The fourth-order valence-corrected chi connectivity index (χ4v) is 2.76. The molecule has 2 aliphatic rings. The van der Waals surface area contributed by atoms with Crippen LogP contribution < -0.4 is 5.32 Å². The first-order chi connectivity index (χ1) is 8.75. The van der Waals surface area contributed by atoms with Crippen molar-refractivity contribution < 1.29 is 14.3 Å². The number of ether oxygens (including phenoxy) is 1. The van der Waals surface area contributed by atoms with Crippen LogP contribution >= 0.6 is 0 Å². The molecular formula is C14H23NO3. The summed E-state index contributed by atoms with van der Waals surface area (Å²) in [5, 5.41) is 2.59. The summed E-state index contributed by atoms with van der Waals surface area (Å²) >= 11 is 0. The molecule has 0 aromatic carbocycles. The Balaban J connectivity index is 1.49. The quantitative estimate of drug-likeness (QED) is 0.766. The lowest BCUT2D eigenvalue weighted by molar-refractivity contribution is -0.126. The Hall–Kier alpha value is -1.06. The lowest BCUT2D eigenvalue weighted by Gasteiger charge is -2.24. The van der Waals surface area contributed by atoms with Crippen LogP contribution in [0.3, 0.4) is 0 Å². The molecule has 0 unspecified atom stereocenters. The van der Waals surface area contributed by atoms with Crippen molar-refractivity contribution in [3.8, 4) is 0 Å². The molecule has 0 saturated heterocycles. The molecule has 0 aromatic rings. The number of hydrogen-bond acceptors (Lipinski definition) is 3. The van der Waals surface area contributed by atoms with Gasteiger partial charge >= 0.3 is 6.09 Å². The van der Waals surface area contributed by atoms with Gasteiger partial charge in [-0.3, -0.25) is 4.79 Å². The molecule has 18 heavy (non-hydrogen) atoms. The van der Waals surface area contributed by atoms with Crippen molar-refractivity contribution in [2.75, 3.05) is 6.61 Å². The fourth-order valence-electron chi connectivity index (χ4n) is 2.76. The van der Waals surface area contributed by atoms with E-state index in [1.807, 2.05) is 0 Å². The van der Waals surface area contributed by atoms with Crippen molar-refractivity contribution >= 4 is 11.9 Å². The topological polar surface area (TPSA) is 55.4 Å². The minimum absolute atomic E-state index is 0.120. The van der Waals surface area contributed by atoms with Crippen LogP contribution in [-0.2, 0) is 9.53 Å². The van der Waals surface area contributed by atoms with Crippen molar-refractivity contribution in [2.45, 2.75) is 63.8 Å². The van der Waals surface area contributed by atoms with Crippen LogP contribution in [0.25, 0.3) is 0 Å². The van der Waals surface area contributed by atoms with Crippen LogP contribution in [0.1, 0.15) is 57.8 Å². The molecule has 0 aliphatic heterocycles. The van der Waals surface area contributed by atoms with E-state index in [-0.39, 0.29) is 11.8 Å². The molecule has 1 atom stereocenters. The van der Waals surface area contributed by atoms with E-state index in [0.717, 1.165) is 25.2 Å². The number of ketones is 1. The normalized spacial score (nSPS) is 24.4. The van der Waals surface area contributed by atoms with Gasteiger partial charge < -0.3 is 10.1 Å². The van der Waals surface area contributed by atoms with Gasteiger partial charge in [0.2, 0.25) is 0 Å².